The molecule has 0 saturated heterocycles. The number of pyridine rings is 1. The van der Waals surface area contributed by atoms with E-state index in [-0.39, 0.29) is 0 Å². The van der Waals surface area contributed by atoms with Gasteiger partial charge in [0.25, 0.3) is 0 Å². The number of benzene rings is 2. The zero-order valence-electron chi connectivity index (χ0n) is 29.7. The van der Waals surface area contributed by atoms with E-state index < -0.39 is 0 Å². The van der Waals surface area contributed by atoms with Crippen molar-refractivity contribution in [2.45, 2.75) is 122 Å². The van der Waals surface area contributed by atoms with Gasteiger partial charge in [0.05, 0.1) is 11.4 Å². The maximum atomic E-state index is 5.44. The predicted octanol–water partition coefficient (Wildman–Crippen LogP) is 10.6. The number of aromatic nitrogens is 2. The Kier molecular flexibility index (Phi) is 8.73. The van der Waals surface area contributed by atoms with Crippen LogP contribution < -0.4 is 4.90 Å². The molecule has 0 unspecified atom stereocenters. The molecule has 0 atom stereocenters. The molecule has 2 aromatic heterocycles. The molecular weight excluding hydrogens is 617 g/mol. The lowest BCUT2D eigenvalue weighted by atomic mass is 9.32. The molecule has 0 spiro atoms. The SMILES string of the molecule is C#CCCCCC12CC(c3ccc(CCCCc4sc(N5CCCc6c5ncc(CC5=Nc7ccccc7C5)c6C)nc4C)c(C)c3)(C1)C2. The number of hydrogen-bond acceptors (Lipinski definition) is 5. The summed E-state index contributed by atoms with van der Waals surface area (Å²) in [5.74, 6) is 3.91. The maximum absolute atomic E-state index is 5.44. The van der Waals surface area contributed by atoms with E-state index in [9.17, 15) is 0 Å². The van der Waals surface area contributed by atoms with Crippen molar-refractivity contribution in [1.82, 2.24) is 9.97 Å². The molecule has 2 bridgehead atoms. The van der Waals surface area contributed by atoms with E-state index in [1.165, 1.54) is 101 Å². The number of aryl methyl sites for hydroxylation is 4. The molecule has 0 amide bonds. The number of nitrogens with zero attached hydrogens (tertiary/aromatic N) is 4. The van der Waals surface area contributed by atoms with E-state index in [1.54, 1.807) is 5.56 Å². The zero-order valence-corrected chi connectivity index (χ0v) is 30.5. The van der Waals surface area contributed by atoms with E-state index in [0.29, 0.717) is 10.8 Å². The van der Waals surface area contributed by atoms with Crippen LogP contribution in [-0.4, -0.2) is 22.2 Å². The van der Waals surface area contributed by atoms with Crippen molar-refractivity contribution in [3.05, 3.63) is 98.2 Å². The molecule has 2 aromatic carbocycles. The monoisotopic (exact) mass is 666 g/mol. The van der Waals surface area contributed by atoms with Crippen molar-refractivity contribution in [3.8, 4) is 12.3 Å². The average Bonchev–Trinajstić information content (AvgIpc) is 3.65. The van der Waals surface area contributed by atoms with Gasteiger partial charge in [0.15, 0.2) is 5.13 Å². The Balaban J connectivity index is 0.853. The molecule has 4 aromatic rings. The highest BCUT2D eigenvalue weighted by molar-refractivity contribution is 7.15. The lowest BCUT2D eigenvalue weighted by Crippen LogP contribution is -2.64. The van der Waals surface area contributed by atoms with Gasteiger partial charge in [-0.3, -0.25) is 4.99 Å². The normalized spacial score (nSPS) is 21.8. The Morgan fingerprint density at radius 1 is 0.959 bits per heavy atom. The van der Waals surface area contributed by atoms with Gasteiger partial charge in [-0.15, -0.1) is 23.7 Å². The highest BCUT2D eigenvalue weighted by Crippen LogP contribution is 2.75. The van der Waals surface area contributed by atoms with Gasteiger partial charge in [-0.2, -0.15) is 0 Å². The molecule has 0 N–H and O–H groups in total. The summed E-state index contributed by atoms with van der Waals surface area (Å²) in [5, 5.41) is 1.11. The van der Waals surface area contributed by atoms with Crippen LogP contribution >= 0.6 is 11.3 Å². The van der Waals surface area contributed by atoms with Crippen LogP contribution in [0.5, 0.6) is 0 Å². The lowest BCUT2D eigenvalue weighted by Gasteiger charge is -2.72. The molecule has 5 aliphatic rings. The summed E-state index contributed by atoms with van der Waals surface area (Å²) in [6.07, 6.45) is 25.3. The summed E-state index contributed by atoms with van der Waals surface area (Å²) in [6.45, 7) is 7.79. The number of anilines is 2. The molecule has 9 rings (SSSR count). The van der Waals surface area contributed by atoms with Crippen LogP contribution in [0, 0.1) is 38.5 Å². The highest BCUT2D eigenvalue weighted by Gasteiger charge is 2.67. The van der Waals surface area contributed by atoms with Crippen LogP contribution in [0.1, 0.15) is 114 Å². The van der Waals surface area contributed by atoms with Gasteiger partial charge in [0.1, 0.15) is 5.82 Å². The van der Waals surface area contributed by atoms with Crippen LogP contribution in [0.25, 0.3) is 0 Å². The second-order valence-corrected chi connectivity index (χ2v) is 16.8. The van der Waals surface area contributed by atoms with E-state index >= 15 is 0 Å². The van der Waals surface area contributed by atoms with Crippen LogP contribution in [-0.2, 0) is 37.5 Å². The smallest absolute Gasteiger partial charge is 0.191 e. The van der Waals surface area contributed by atoms with Crippen molar-refractivity contribution >= 4 is 33.7 Å². The fraction of sp³-hybridized carbons (Fsp3) is 0.477. The number of aliphatic imine (C=N–C) groups is 1. The molecule has 4 nitrogen and oxygen atoms in total. The Labute approximate surface area is 297 Å². The van der Waals surface area contributed by atoms with Crippen molar-refractivity contribution < 1.29 is 0 Å². The van der Waals surface area contributed by atoms with Gasteiger partial charge in [-0.25, -0.2) is 9.97 Å². The fourth-order valence-electron chi connectivity index (χ4n) is 9.58. The zero-order chi connectivity index (χ0) is 33.6. The van der Waals surface area contributed by atoms with Crippen LogP contribution in [0.4, 0.5) is 16.6 Å². The van der Waals surface area contributed by atoms with Crippen LogP contribution in [0.15, 0.2) is 53.7 Å². The number of hydrogen-bond donors (Lipinski definition) is 0. The average molecular weight is 667 g/mol. The summed E-state index contributed by atoms with van der Waals surface area (Å²) in [6, 6.07) is 15.9. The Hall–Kier alpha value is -3.75. The summed E-state index contributed by atoms with van der Waals surface area (Å²) < 4.78 is 0. The molecule has 4 heterocycles. The standard InChI is InChI=1S/C44H50N4S/c1-5-6-7-12-21-43-27-44(28-43,29-43)36-20-19-33(30(2)23-36)14-9-11-18-40-32(4)46-42(49-40)48-22-13-16-38-31(3)35(26-45-41(38)48)25-37-24-34-15-8-10-17-39(34)47-37/h1,8,10,15,17,19-20,23,26H,6-7,9,11-14,16,18,21-22,24-25,27-29H2,2-4H3. The second-order valence-electron chi connectivity index (χ2n) is 15.7. The number of rotatable bonds is 13. The van der Waals surface area contributed by atoms with E-state index in [4.69, 9.17) is 21.4 Å². The Morgan fingerprint density at radius 3 is 2.61 bits per heavy atom. The largest absolute Gasteiger partial charge is 0.302 e. The number of thiazole rings is 1. The fourth-order valence-corrected chi connectivity index (χ4v) is 10.7. The summed E-state index contributed by atoms with van der Waals surface area (Å²) in [5.41, 5.74) is 14.7. The second kappa shape index (κ2) is 13.2. The molecule has 3 aliphatic carbocycles. The van der Waals surface area contributed by atoms with Crippen molar-refractivity contribution in [1.29, 1.82) is 0 Å². The van der Waals surface area contributed by atoms with Gasteiger partial charge in [0, 0.05) is 42.6 Å². The first-order valence-electron chi connectivity index (χ1n) is 18.7. The number of para-hydroxylation sites is 1. The molecule has 3 fully saturated rings. The quantitative estimate of drug-likeness (QED) is 0.105. The van der Waals surface area contributed by atoms with Gasteiger partial charge in [0.2, 0.25) is 0 Å². The third kappa shape index (κ3) is 6.16. The van der Waals surface area contributed by atoms with Gasteiger partial charge in [-0.1, -0.05) is 42.8 Å². The Morgan fingerprint density at radius 2 is 1.80 bits per heavy atom. The topological polar surface area (TPSA) is 41.4 Å². The molecule has 5 heteroatoms. The first-order chi connectivity index (χ1) is 23.9. The molecule has 3 saturated carbocycles. The molecule has 49 heavy (non-hydrogen) atoms. The number of fused-ring (bicyclic) bond motifs is 2. The summed E-state index contributed by atoms with van der Waals surface area (Å²) >= 11 is 1.88. The summed E-state index contributed by atoms with van der Waals surface area (Å²) in [4.78, 5) is 18.9. The maximum Gasteiger partial charge on any atom is 0.191 e. The third-order valence-electron chi connectivity index (χ3n) is 12.3. The van der Waals surface area contributed by atoms with Gasteiger partial charge >= 0.3 is 0 Å². The predicted molar refractivity (Wildman–Crippen MR) is 205 cm³/mol. The van der Waals surface area contributed by atoms with E-state index in [2.05, 4.69) is 80.3 Å². The van der Waals surface area contributed by atoms with Crippen molar-refractivity contribution in [2.75, 3.05) is 11.4 Å². The van der Waals surface area contributed by atoms with Crippen LogP contribution in [0.2, 0.25) is 0 Å². The first kappa shape index (κ1) is 32.5. The summed E-state index contributed by atoms with van der Waals surface area (Å²) in [7, 11) is 0. The third-order valence-corrected chi connectivity index (χ3v) is 13.5. The number of terminal acetylenes is 1. The molecule has 2 aliphatic heterocycles. The van der Waals surface area contributed by atoms with Crippen molar-refractivity contribution in [2.24, 2.45) is 10.4 Å². The number of unbranched alkanes of at least 4 members (excludes halogenated alkanes) is 3. The van der Waals surface area contributed by atoms with E-state index in [0.717, 1.165) is 68.1 Å². The van der Waals surface area contributed by atoms with Gasteiger partial charge in [-0.05, 0) is 147 Å². The molecule has 252 valence electrons. The lowest BCUT2D eigenvalue weighted by molar-refractivity contribution is -0.147. The minimum Gasteiger partial charge on any atom is -0.302 e. The Bertz CT molecular complexity index is 1940. The van der Waals surface area contributed by atoms with E-state index in [1.807, 2.05) is 11.3 Å². The van der Waals surface area contributed by atoms with Crippen LogP contribution in [0.3, 0.4) is 0 Å². The minimum absolute atomic E-state index is 0.486. The molecule has 0 radical (unpaired) electrons. The molecular formula is C44H50N4S. The highest BCUT2D eigenvalue weighted by atomic mass is 32.1. The first-order valence-corrected chi connectivity index (χ1v) is 19.6. The minimum atomic E-state index is 0.486. The van der Waals surface area contributed by atoms with Gasteiger partial charge < -0.3 is 4.90 Å². The van der Waals surface area contributed by atoms with Crippen molar-refractivity contribution in [3.63, 3.8) is 0 Å².